The molecule has 9 atom stereocenters. The zero-order valence-electron chi connectivity index (χ0n) is 20.3. The lowest BCUT2D eigenvalue weighted by molar-refractivity contribution is -0.155. The van der Waals surface area contributed by atoms with Crippen LogP contribution in [0.15, 0.2) is 0 Å². The first-order valence-electron chi connectivity index (χ1n) is 13.9. The fourth-order valence-electron chi connectivity index (χ4n) is 10.4. The Bertz CT molecular complexity index is 694. The Morgan fingerprint density at radius 3 is 2.42 bits per heavy atom. The number of hydrogen-bond acceptors (Lipinski definition) is 3. The van der Waals surface area contributed by atoms with Gasteiger partial charge in [-0.25, -0.2) is 0 Å². The molecule has 0 amide bonds. The van der Waals surface area contributed by atoms with E-state index in [1.54, 1.807) is 0 Å². The summed E-state index contributed by atoms with van der Waals surface area (Å²) in [6.07, 6.45) is 18.2. The average molecular weight is 428 g/mol. The second-order valence-electron chi connectivity index (χ2n) is 13.1. The molecular weight excluding hydrogens is 383 g/mol. The van der Waals surface area contributed by atoms with E-state index >= 15 is 0 Å². The fraction of sp³-hybridized carbons (Fsp3) is 1.00. The van der Waals surface area contributed by atoms with Crippen LogP contribution in [0.25, 0.3) is 0 Å². The molecule has 1 aliphatic heterocycles. The van der Waals surface area contributed by atoms with Crippen LogP contribution in [0.4, 0.5) is 0 Å². The maximum Gasteiger partial charge on any atom is 0.460 e. The van der Waals surface area contributed by atoms with Crippen molar-refractivity contribution in [2.24, 2.45) is 34.5 Å². The highest BCUT2D eigenvalue weighted by Gasteiger charge is 2.70. The van der Waals surface area contributed by atoms with E-state index in [9.17, 15) is 5.11 Å². The molecule has 6 fully saturated rings. The van der Waals surface area contributed by atoms with E-state index in [4.69, 9.17) is 9.31 Å². The predicted octanol–water partition coefficient (Wildman–Crippen LogP) is 6.39. The summed E-state index contributed by atoms with van der Waals surface area (Å²) >= 11 is 0. The van der Waals surface area contributed by atoms with Gasteiger partial charge in [-0.2, -0.15) is 0 Å². The minimum Gasteiger partial charge on any atom is -0.405 e. The summed E-state index contributed by atoms with van der Waals surface area (Å²) in [5.74, 6) is 3.89. The van der Waals surface area contributed by atoms with Gasteiger partial charge in [-0.05, 0) is 99.6 Å². The molecule has 1 spiro atoms. The maximum absolute atomic E-state index is 10.3. The van der Waals surface area contributed by atoms with Crippen LogP contribution < -0.4 is 0 Å². The molecule has 0 aromatic rings. The smallest absolute Gasteiger partial charge is 0.405 e. The summed E-state index contributed by atoms with van der Waals surface area (Å²) in [5, 5.41) is 10.3. The molecule has 9 unspecified atom stereocenters. The summed E-state index contributed by atoms with van der Waals surface area (Å²) in [6, 6.07) is 0. The topological polar surface area (TPSA) is 38.7 Å². The highest BCUT2D eigenvalue weighted by molar-refractivity contribution is 6.47. The van der Waals surface area contributed by atoms with Crippen LogP contribution in [-0.2, 0) is 9.31 Å². The quantitative estimate of drug-likeness (QED) is 0.492. The van der Waals surface area contributed by atoms with Gasteiger partial charge in [0.1, 0.15) is 0 Å². The van der Waals surface area contributed by atoms with E-state index in [-0.39, 0.29) is 30.3 Å². The molecule has 0 radical (unpaired) electrons. The largest absolute Gasteiger partial charge is 0.460 e. The molecule has 31 heavy (non-hydrogen) atoms. The molecule has 0 bridgehead atoms. The average Bonchev–Trinajstić information content (AvgIpc) is 3.27. The van der Waals surface area contributed by atoms with Crippen molar-refractivity contribution in [2.45, 2.75) is 134 Å². The molecule has 5 aliphatic carbocycles. The van der Waals surface area contributed by atoms with Gasteiger partial charge in [0.15, 0.2) is 0 Å². The summed E-state index contributed by atoms with van der Waals surface area (Å²) < 4.78 is 13.8. The first kappa shape index (κ1) is 21.5. The van der Waals surface area contributed by atoms with Crippen molar-refractivity contribution in [3.8, 4) is 0 Å². The van der Waals surface area contributed by atoms with Gasteiger partial charge in [-0.15, -0.1) is 0 Å². The predicted molar refractivity (Wildman–Crippen MR) is 125 cm³/mol. The highest BCUT2D eigenvalue weighted by atomic mass is 16.7. The molecule has 0 aromatic carbocycles. The molecule has 4 heteroatoms. The Morgan fingerprint density at radius 2 is 1.61 bits per heavy atom. The van der Waals surface area contributed by atoms with Crippen LogP contribution in [0.2, 0.25) is 5.82 Å². The van der Waals surface area contributed by atoms with E-state index in [1.807, 2.05) is 0 Å². The van der Waals surface area contributed by atoms with E-state index in [0.717, 1.165) is 36.5 Å². The molecule has 0 aromatic heterocycles. The van der Waals surface area contributed by atoms with Crippen LogP contribution in [0.5, 0.6) is 0 Å². The van der Waals surface area contributed by atoms with Crippen molar-refractivity contribution in [1.82, 2.24) is 0 Å². The highest BCUT2D eigenvalue weighted by Crippen LogP contribution is 2.70. The van der Waals surface area contributed by atoms with E-state index in [1.165, 1.54) is 77.0 Å². The number of fused-ring (bicyclic) bond motifs is 6. The second-order valence-corrected chi connectivity index (χ2v) is 13.1. The zero-order valence-corrected chi connectivity index (χ0v) is 20.3. The van der Waals surface area contributed by atoms with Crippen LogP contribution in [0.3, 0.4) is 0 Å². The summed E-state index contributed by atoms with van der Waals surface area (Å²) in [6.45, 7) is 7.54. The van der Waals surface area contributed by atoms with Crippen molar-refractivity contribution in [3.05, 3.63) is 0 Å². The van der Waals surface area contributed by atoms with Crippen molar-refractivity contribution < 1.29 is 14.4 Å². The molecular formula is C27H45BO3. The van der Waals surface area contributed by atoms with Crippen LogP contribution in [-0.4, -0.2) is 30.0 Å². The van der Waals surface area contributed by atoms with Crippen LogP contribution in [0, 0.1) is 34.5 Å². The molecule has 174 valence electrons. The Morgan fingerprint density at radius 1 is 0.839 bits per heavy atom. The van der Waals surface area contributed by atoms with E-state index in [2.05, 4.69) is 20.8 Å². The number of hydrogen-bond donors (Lipinski definition) is 1. The molecule has 6 aliphatic rings. The normalized spacial score (nSPS) is 55.2. The third-order valence-electron chi connectivity index (χ3n) is 12.2. The number of aliphatic hydroxyl groups excluding tert-OH is 1. The van der Waals surface area contributed by atoms with Gasteiger partial charge in [0.25, 0.3) is 0 Å². The van der Waals surface area contributed by atoms with Gasteiger partial charge in [0.2, 0.25) is 0 Å². The van der Waals surface area contributed by atoms with Gasteiger partial charge >= 0.3 is 7.12 Å². The van der Waals surface area contributed by atoms with Crippen LogP contribution >= 0.6 is 0 Å². The Hall–Kier alpha value is -0.0551. The minimum atomic E-state index is -0.0503. The van der Waals surface area contributed by atoms with Crippen molar-refractivity contribution in [3.63, 3.8) is 0 Å². The van der Waals surface area contributed by atoms with Gasteiger partial charge in [0, 0.05) is 5.41 Å². The second kappa shape index (κ2) is 7.47. The third kappa shape index (κ3) is 2.96. The minimum absolute atomic E-state index is 0.0418. The van der Waals surface area contributed by atoms with Crippen molar-refractivity contribution >= 4 is 7.12 Å². The molecule has 1 N–H and O–H groups in total. The first-order valence-corrected chi connectivity index (χ1v) is 13.9. The lowest BCUT2D eigenvalue weighted by Gasteiger charge is -2.62. The maximum atomic E-state index is 10.3. The Balaban J connectivity index is 1.25. The SMILES string of the molecule is CC1OB(C2CCCCC2)OC12CCC1C3CCC4CC(O)CCC4(C)C3CCC12C. The lowest BCUT2D eigenvalue weighted by atomic mass is 9.44. The van der Waals surface area contributed by atoms with E-state index < -0.39 is 0 Å². The van der Waals surface area contributed by atoms with Crippen LogP contribution in [0.1, 0.15) is 111 Å². The summed E-state index contributed by atoms with van der Waals surface area (Å²) in [4.78, 5) is 0. The molecule has 6 rings (SSSR count). The van der Waals surface area contributed by atoms with Crippen molar-refractivity contribution in [2.75, 3.05) is 0 Å². The third-order valence-corrected chi connectivity index (χ3v) is 12.2. The Labute approximate surface area is 190 Å². The molecule has 1 saturated heterocycles. The summed E-state index contributed by atoms with van der Waals surface area (Å²) in [5.41, 5.74) is 0.683. The fourth-order valence-corrected chi connectivity index (χ4v) is 10.4. The summed E-state index contributed by atoms with van der Waals surface area (Å²) in [7, 11) is 0.0525. The first-order chi connectivity index (χ1) is 14.9. The van der Waals surface area contributed by atoms with Gasteiger partial charge in [-0.3, -0.25) is 0 Å². The Kier molecular flexibility index (Phi) is 5.18. The lowest BCUT2D eigenvalue weighted by Crippen LogP contribution is -2.59. The van der Waals surface area contributed by atoms with E-state index in [0.29, 0.717) is 11.2 Å². The molecule has 1 heterocycles. The van der Waals surface area contributed by atoms with Gasteiger partial charge in [-0.1, -0.05) is 46.0 Å². The molecule has 5 saturated carbocycles. The standard InChI is InChI=1S/C27H45BO3/c1-18-27(31-28(30-18)20-7-5-4-6-8-20)16-13-24-22-10-9-19-17-21(29)11-14-25(19,2)23(22)12-15-26(24,27)3/h18-24,29H,4-17H2,1-3H3. The van der Waals surface area contributed by atoms with Gasteiger partial charge < -0.3 is 14.4 Å². The zero-order chi connectivity index (χ0) is 21.4. The number of aliphatic hydroxyl groups is 1. The monoisotopic (exact) mass is 428 g/mol. The van der Waals surface area contributed by atoms with Gasteiger partial charge in [0.05, 0.1) is 17.8 Å². The van der Waals surface area contributed by atoms with Crippen molar-refractivity contribution in [1.29, 1.82) is 0 Å². The number of rotatable bonds is 1. The molecule has 3 nitrogen and oxygen atoms in total.